The first-order valence-electron chi connectivity index (χ1n) is 5.32. The molecule has 2 aromatic heterocycles. The van der Waals surface area contributed by atoms with Crippen molar-refractivity contribution in [3.63, 3.8) is 0 Å². The Labute approximate surface area is 112 Å². The van der Waals surface area contributed by atoms with E-state index >= 15 is 0 Å². The summed E-state index contributed by atoms with van der Waals surface area (Å²) in [5.41, 5.74) is 0.351. The highest BCUT2D eigenvalue weighted by Gasteiger charge is 2.15. The Morgan fingerprint density at radius 3 is 2.72 bits per heavy atom. The molecule has 0 spiro atoms. The SMILES string of the molecule is CCc1ccc(C(=O)Nc2ccsc2C(=O)O)s1. The Morgan fingerprint density at radius 2 is 2.11 bits per heavy atom. The molecule has 2 heterocycles. The number of carboxylic acid groups (broad SMARTS) is 1. The van der Waals surface area contributed by atoms with Gasteiger partial charge in [0.2, 0.25) is 0 Å². The van der Waals surface area contributed by atoms with E-state index in [9.17, 15) is 9.59 Å². The smallest absolute Gasteiger partial charge is 0.348 e. The van der Waals surface area contributed by atoms with Gasteiger partial charge >= 0.3 is 5.97 Å². The summed E-state index contributed by atoms with van der Waals surface area (Å²) in [6, 6.07) is 5.26. The van der Waals surface area contributed by atoms with E-state index in [0.29, 0.717) is 10.6 Å². The topological polar surface area (TPSA) is 66.4 Å². The fourth-order valence-electron chi connectivity index (χ4n) is 1.45. The zero-order chi connectivity index (χ0) is 13.1. The molecule has 1 amide bonds. The Kier molecular flexibility index (Phi) is 3.78. The minimum Gasteiger partial charge on any atom is -0.477 e. The summed E-state index contributed by atoms with van der Waals surface area (Å²) >= 11 is 2.51. The molecule has 2 rings (SSSR count). The maximum Gasteiger partial charge on any atom is 0.348 e. The van der Waals surface area contributed by atoms with Crippen molar-refractivity contribution in [2.75, 3.05) is 5.32 Å². The molecule has 0 aromatic carbocycles. The van der Waals surface area contributed by atoms with Crippen molar-refractivity contribution < 1.29 is 14.7 Å². The van der Waals surface area contributed by atoms with Gasteiger partial charge in [0.15, 0.2) is 0 Å². The van der Waals surface area contributed by atoms with Crippen LogP contribution >= 0.6 is 22.7 Å². The molecule has 6 heteroatoms. The molecular weight excluding hydrogens is 270 g/mol. The molecule has 0 fully saturated rings. The second-order valence-corrected chi connectivity index (χ2v) is 5.63. The number of thiophene rings is 2. The molecule has 94 valence electrons. The van der Waals surface area contributed by atoms with Gasteiger partial charge in [0, 0.05) is 4.88 Å². The van der Waals surface area contributed by atoms with Crippen LogP contribution in [0.5, 0.6) is 0 Å². The molecule has 0 saturated heterocycles. The van der Waals surface area contributed by atoms with Crippen LogP contribution in [0.15, 0.2) is 23.6 Å². The van der Waals surface area contributed by atoms with Crippen LogP contribution in [0.25, 0.3) is 0 Å². The van der Waals surface area contributed by atoms with Gasteiger partial charge in [-0.3, -0.25) is 4.79 Å². The number of rotatable bonds is 4. The van der Waals surface area contributed by atoms with Gasteiger partial charge in [-0.05, 0) is 30.0 Å². The fourth-order valence-corrected chi connectivity index (χ4v) is 2.98. The summed E-state index contributed by atoms with van der Waals surface area (Å²) < 4.78 is 0. The third-order valence-corrected chi connectivity index (χ3v) is 4.47. The van der Waals surface area contributed by atoms with Gasteiger partial charge < -0.3 is 10.4 Å². The van der Waals surface area contributed by atoms with Gasteiger partial charge in [-0.2, -0.15) is 0 Å². The normalized spacial score (nSPS) is 10.3. The first kappa shape index (κ1) is 12.8. The van der Waals surface area contributed by atoms with E-state index in [2.05, 4.69) is 5.32 Å². The van der Waals surface area contributed by atoms with Crippen molar-refractivity contribution in [1.82, 2.24) is 0 Å². The van der Waals surface area contributed by atoms with Gasteiger partial charge in [-0.25, -0.2) is 4.79 Å². The number of aryl methyl sites for hydroxylation is 1. The summed E-state index contributed by atoms with van der Waals surface area (Å²) in [4.78, 5) is 24.7. The Morgan fingerprint density at radius 1 is 1.33 bits per heavy atom. The number of anilines is 1. The largest absolute Gasteiger partial charge is 0.477 e. The van der Waals surface area contributed by atoms with Crippen LogP contribution in [-0.4, -0.2) is 17.0 Å². The molecule has 4 nitrogen and oxygen atoms in total. The first-order valence-corrected chi connectivity index (χ1v) is 7.02. The third-order valence-electron chi connectivity index (χ3n) is 2.34. The lowest BCUT2D eigenvalue weighted by Crippen LogP contribution is -2.11. The van der Waals surface area contributed by atoms with E-state index < -0.39 is 5.97 Å². The highest BCUT2D eigenvalue weighted by molar-refractivity contribution is 7.14. The Hall–Kier alpha value is -1.66. The number of carbonyl (C=O) groups is 2. The lowest BCUT2D eigenvalue weighted by Gasteiger charge is -2.02. The number of hydrogen-bond donors (Lipinski definition) is 2. The molecule has 0 unspecified atom stereocenters. The molecule has 18 heavy (non-hydrogen) atoms. The predicted molar refractivity (Wildman–Crippen MR) is 72.9 cm³/mol. The quantitative estimate of drug-likeness (QED) is 0.903. The number of amides is 1. The molecule has 2 N–H and O–H groups in total. The molecular formula is C12H11NO3S2. The molecule has 0 aliphatic carbocycles. The lowest BCUT2D eigenvalue weighted by molar-refractivity contribution is 0.0703. The summed E-state index contributed by atoms with van der Waals surface area (Å²) in [6.07, 6.45) is 0.886. The maximum absolute atomic E-state index is 11.9. The number of aromatic carboxylic acids is 1. The van der Waals surface area contributed by atoms with Crippen LogP contribution in [-0.2, 0) is 6.42 Å². The third kappa shape index (κ3) is 2.60. The Balaban J connectivity index is 2.16. The van der Waals surface area contributed by atoms with Crippen molar-refractivity contribution in [3.05, 3.63) is 38.2 Å². The number of carbonyl (C=O) groups excluding carboxylic acids is 1. The van der Waals surface area contributed by atoms with E-state index in [0.717, 1.165) is 22.6 Å². The predicted octanol–water partition coefficient (Wildman–Crippen LogP) is 3.32. The fraction of sp³-hybridized carbons (Fsp3) is 0.167. The molecule has 0 aliphatic heterocycles. The van der Waals surface area contributed by atoms with Gasteiger partial charge in [-0.1, -0.05) is 6.92 Å². The minimum absolute atomic E-state index is 0.149. The molecule has 2 aromatic rings. The lowest BCUT2D eigenvalue weighted by atomic mass is 10.3. The zero-order valence-electron chi connectivity index (χ0n) is 9.60. The van der Waals surface area contributed by atoms with Crippen molar-refractivity contribution in [1.29, 1.82) is 0 Å². The van der Waals surface area contributed by atoms with Gasteiger partial charge in [0.05, 0.1) is 10.6 Å². The van der Waals surface area contributed by atoms with Gasteiger partial charge in [0.1, 0.15) is 4.88 Å². The molecule has 0 aliphatic rings. The zero-order valence-corrected chi connectivity index (χ0v) is 11.2. The maximum atomic E-state index is 11.9. The second kappa shape index (κ2) is 5.32. The van der Waals surface area contributed by atoms with Crippen molar-refractivity contribution in [2.24, 2.45) is 0 Å². The van der Waals surface area contributed by atoms with Crippen LogP contribution < -0.4 is 5.32 Å². The van der Waals surface area contributed by atoms with E-state index in [1.807, 2.05) is 13.0 Å². The van der Waals surface area contributed by atoms with Crippen molar-refractivity contribution in [3.8, 4) is 0 Å². The van der Waals surface area contributed by atoms with Crippen molar-refractivity contribution >= 4 is 40.2 Å². The van der Waals surface area contributed by atoms with E-state index in [1.165, 1.54) is 11.3 Å². The number of hydrogen-bond acceptors (Lipinski definition) is 4. The summed E-state index contributed by atoms with van der Waals surface area (Å²) in [5, 5.41) is 13.2. The average Bonchev–Trinajstić information content (AvgIpc) is 2.96. The molecule has 0 bridgehead atoms. The monoisotopic (exact) mass is 281 g/mol. The molecule has 0 atom stereocenters. The Bertz CT molecular complexity index is 586. The van der Waals surface area contributed by atoms with Crippen molar-refractivity contribution in [2.45, 2.75) is 13.3 Å². The number of nitrogens with one attached hydrogen (secondary N) is 1. The van der Waals surface area contributed by atoms with Crippen LogP contribution in [0.2, 0.25) is 0 Å². The van der Waals surface area contributed by atoms with Crippen LogP contribution in [0.4, 0.5) is 5.69 Å². The average molecular weight is 281 g/mol. The molecule has 0 radical (unpaired) electrons. The molecule has 0 saturated carbocycles. The second-order valence-electron chi connectivity index (χ2n) is 3.54. The van der Waals surface area contributed by atoms with E-state index in [-0.39, 0.29) is 10.8 Å². The summed E-state index contributed by atoms with van der Waals surface area (Å²) in [7, 11) is 0. The summed E-state index contributed by atoms with van der Waals surface area (Å²) in [5.74, 6) is -1.29. The van der Waals surface area contributed by atoms with E-state index in [4.69, 9.17) is 5.11 Å². The van der Waals surface area contributed by atoms with Gasteiger partial charge in [-0.15, -0.1) is 22.7 Å². The van der Waals surface area contributed by atoms with E-state index in [1.54, 1.807) is 17.5 Å². The highest BCUT2D eigenvalue weighted by Crippen LogP contribution is 2.24. The number of carboxylic acids is 1. The summed E-state index contributed by atoms with van der Waals surface area (Å²) in [6.45, 7) is 2.02. The first-order chi connectivity index (χ1) is 8.61. The van der Waals surface area contributed by atoms with Crippen LogP contribution in [0.1, 0.15) is 31.1 Å². The van der Waals surface area contributed by atoms with Crippen LogP contribution in [0.3, 0.4) is 0 Å². The van der Waals surface area contributed by atoms with Crippen LogP contribution in [0, 0.1) is 0 Å². The standard InChI is InChI=1S/C12H11NO3S2/c1-2-7-3-4-9(18-7)11(14)13-8-5-6-17-10(8)12(15)16/h3-6H,2H2,1H3,(H,13,14)(H,15,16). The highest BCUT2D eigenvalue weighted by atomic mass is 32.1. The van der Waals surface area contributed by atoms with Gasteiger partial charge in [0.25, 0.3) is 5.91 Å². The minimum atomic E-state index is -1.03.